The van der Waals surface area contributed by atoms with Crippen molar-refractivity contribution in [2.24, 2.45) is 11.8 Å². The van der Waals surface area contributed by atoms with Gasteiger partial charge in [0.1, 0.15) is 0 Å². The third-order valence-corrected chi connectivity index (χ3v) is 8.15. The second kappa shape index (κ2) is 11.4. The van der Waals surface area contributed by atoms with E-state index in [0.717, 1.165) is 31.1 Å². The van der Waals surface area contributed by atoms with E-state index in [-0.39, 0.29) is 6.09 Å². The zero-order valence-electron chi connectivity index (χ0n) is 19.5. The van der Waals surface area contributed by atoms with Gasteiger partial charge in [0.2, 0.25) is 0 Å². The fourth-order valence-electron chi connectivity index (χ4n) is 6.41. The molecule has 4 rings (SSSR count). The molecule has 2 unspecified atom stereocenters. The number of hydrogen-bond donors (Lipinski definition) is 0. The van der Waals surface area contributed by atoms with Crippen LogP contribution in [0.15, 0.2) is 30.3 Å². The van der Waals surface area contributed by atoms with Gasteiger partial charge in [-0.1, -0.05) is 49.6 Å². The topological polar surface area (TPSA) is 32.8 Å². The van der Waals surface area contributed by atoms with Gasteiger partial charge in [-0.2, -0.15) is 0 Å². The van der Waals surface area contributed by atoms with Crippen molar-refractivity contribution in [3.63, 3.8) is 0 Å². The van der Waals surface area contributed by atoms with E-state index in [2.05, 4.69) is 40.1 Å². The summed E-state index contributed by atoms with van der Waals surface area (Å²) in [6, 6.07) is 11.7. The van der Waals surface area contributed by atoms with E-state index in [1.807, 2.05) is 0 Å². The van der Waals surface area contributed by atoms with Gasteiger partial charge in [-0.05, 0) is 88.3 Å². The maximum atomic E-state index is 12.5. The van der Waals surface area contributed by atoms with E-state index in [9.17, 15) is 4.79 Å². The Bertz CT molecular complexity index is 665. The van der Waals surface area contributed by atoms with Crippen molar-refractivity contribution < 1.29 is 9.53 Å². The quantitative estimate of drug-likeness (QED) is 0.519. The third kappa shape index (κ3) is 6.25. The van der Waals surface area contributed by atoms with Crippen molar-refractivity contribution >= 4 is 6.09 Å². The lowest BCUT2D eigenvalue weighted by Gasteiger charge is -2.35. The average Bonchev–Trinajstić information content (AvgIpc) is 3.49. The predicted octanol–water partition coefficient (Wildman–Crippen LogP) is 5.90. The first kappa shape index (κ1) is 22.6. The number of likely N-dealkylation sites (tertiary alicyclic amines) is 1. The van der Waals surface area contributed by atoms with Crippen LogP contribution in [0.5, 0.6) is 0 Å². The number of carbonyl (C=O) groups excluding carboxylic acids is 1. The zero-order valence-corrected chi connectivity index (χ0v) is 19.5. The summed E-state index contributed by atoms with van der Waals surface area (Å²) in [6.07, 6.45) is 15.0. The molecule has 3 aliphatic rings. The molecule has 4 nitrogen and oxygen atoms in total. The number of methoxy groups -OCH3 is 1. The molecular formula is C27H42N2O2. The molecule has 0 N–H and O–H groups in total. The van der Waals surface area contributed by atoms with E-state index in [1.165, 1.54) is 83.0 Å². The van der Waals surface area contributed by atoms with Gasteiger partial charge in [0, 0.05) is 18.6 Å². The Morgan fingerprint density at radius 2 is 1.71 bits per heavy atom. The molecule has 1 aliphatic heterocycles. The maximum Gasteiger partial charge on any atom is 0.409 e. The van der Waals surface area contributed by atoms with Crippen molar-refractivity contribution in [2.45, 2.75) is 89.1 Å². The van der Waals surface area contributed by atoms with Crippen LogP contribution in [-0.4, -0.2) is 54.7 Å². The van der Waals surface area contributed by atoms with Gasteiger partial charge in [-0.25, -0.2) is 4.79 Å². The van der Waals surface area contributed by atoms with Crippen molar-refractivity contribution in [3.8, 4) is 0 Å². The minimum absolute atomic E-state index is 0.0890. The molecule has 2 aliphatic carbocycles. The van der Waals surface area contributed by atoms with Gasteiger partial charge in [0.25, 0.3) is 0 Å². The highest BCUT2D eigenvalue weighted by Crippen LogP contribution is 2.36. The minimum Gasteiger partial charge on any atom is -0.453 e. The number of hydrogen-bond acceptors (Lipinski definition) is 3. The Labute approximate surface area is 189 Å². The van der Waals surface area contributed by atoms with Crippen molar-refractivity contribution in [3.05, 3.63) is 35.9 Å². The van der Waals surface area contributed by atoms with Crippen LogP contribution in [0.3, 0.4) is 0 Å². The molecule has 1 saturated heterocycles. The number of benzene rings is 1. The van der Waals surface area contributed by atoms with Gasteiger partial charge >= 0.3 is 6.09 Å². The Hall–Kier alpha value is -1.55. The summed E-state index contributed by atoms with van der Waals surface area (Å²) in [4.78, 5) is 17.3. The Kier molecular flexibility index (Phi) is 8.29. The van der Waals surface area contributed by atoms with Gasteiger partial charge in [-0.3, -0.25) is 0 Å². The fraction of sp³-hybridized carbons (Fsp3) is 0.741. The molecule has 0 aromatic heterocycles. The van der Waals surface area contributed by atoms with Crippen LogP contribution in [0.25, 0.3) is 0 Å². The highest BCUT2D eigenvalue weighted by Gasteiger charge is 2.38. The summed E-state index contributed by atoms with van der Waals surface area (Å²) < 4.78 is 5.17. The lowest BCUT2D eigenvalue weighted by atomic mass is 9.90. The molecule has 31 heavy (non-hydrogen) atoms. The molecule has 3 fully saturated rings. The minimum atomic E-state index is -0.0890. The van der Waals surface area contributed by atoms with Crippen LogP contribution in [0.4, 0.5) is 4.79 Å². The lowest BCUT2D eigenvalue weighted by molar-refractivity contribution is 0.0810. The van der Waals surface area contributed by atoms with Gasteiger partial charge in [-0.15, -0.1) is 0 Å². The first-order chi connectivity index (χ1) is 15.2. The number of nitrogens with zero attached hydrogens (tertiary/aromatic N) is 2. The van der Waals surface area contributed by atoms with Crippen molar-refractivity contribution in [2.75, 3.05) is 26.7 Å². The monoisotopic (exact) mass is 426 g/mol. The largest absolute Gasteiger partial charge is 0.453 e. The zero-order chi connectivity index (χ0) is 21.5. The Balaban J connectivity index is 1.16. The summed E-state index contributed by atoms with van der Waals surface area (Å²) in [7, 11) is 1.54. The SMILES string of the molecule is COC(=O)N(C1CCCC1)C1CCC(CN2CCC(CCCc3ccccc3)CC2)C1. The summed E-state index contributed by atoms with van der Waals surface area (Å²) in [6.45, 7) is 3.76. The summed E-state index contributed by atoms with van der Waals surface area (Å²) in [5.74, 6) is 1.65. The first-order valence-corrected chi connectivity index (χ1v) is 12.9. The molecule has 2 saturated carbocycles. The molecule has 0 bridgehead atoms. The first-order valence-electron chi connectivity index (χ1n) is 12.9. The molecule has 1 aromatic carbocycles. The van der Waals surface area contributed by atoms with Gasteiger partial charge < -0.3 is 14.5 Å². The molecule has 1 heterocycles. The Morgan fingerprint density at radius 3 is 2.42 bits per heavy atom. The summed E-state index contributed by atoms with van der Waals surface area (Å²) >= 11 is 0. The number of carbonyl (C=O) groups is 1. The maximum absolute atomic E-state index is 12.5. The van der Waals surface area contributed by atoms with E-state index in [0.29, 0.717) is 12.1 Å². The summed E-state index contributed by atoms with van der Waals surface area (Å²) in [5.41, 5.74) is 1.48. The molecular weight excluding hydrogens is 384 g/mol. The second-order valence-corrected chi connectivity index (χ2v) is 10.3. The molecule has 172 valence electrons. The molecule has 0 spiro atoms. The van der Waals surface area contributed by atoms with Crippen molar-refractivity contribution in [1.82, 2.24) is 9.80 Å². The predicted molar refractivity (Wildman–Crippen MR) is 126 cm³/mol. The van der Waals surface area contributed by atoms with Crippen LogP contribution in [-0.2, 0) is 11.2 Å². The number of rotatable bonds is 8. The lowest BCUT2D eigenvalue weighted by Crippen LogP contribution is -2.45. The molecule has 1 aromatic rings. The number of amides is 1. The number of aryl methyl sites for hydroxylation is 1. The summed E-state index contributed by atoms with van der Waals surface area (Å²) in [5, 5.41) is 0. The van der Waals surface area contributed by atoms with E-state index >= 15 is 0 Å². The fourth-order valence-corrected chi connectivity index (χ4v) is 6.41. The second-order valence-electron chi connectivity index (χ2n) is 10.3. The van der Waals surface area contributed by atoms with Gasteiger partial charge in [0.05, 0.1) is 7.11 Å². The molecule has 0 radical (unpaired) electrons. The van der Waals surface area contributed by atoms with Gasteiger partial charge in [0.15, 0.2) is 0 Å². The van der Waals surface area contributed by atoms with Crippen LogP contribution in [0, 0.1) is 11.8 Å². The average molecular weight is 427 g/mol. The van der Waals surface area contributed by atoms with Crippen LogP contribution >= 0.6 is 0 Å². The van der Waals surface area contributed by atoms with Crippen LogP contribution in [0.1, 0.15) is 76.2 Å². The number of piperidine rings is 1. The van der Waals surface area contributed by atoms with Crippen LogP contribution in [0.2, 0.25) is 0 Å². The highest BCUT2D eigenvalue weighted by atomic mass is 16.5. The van der Waals surface area contributed by atoms with Crippen molar-refractivity contribution in [1.29, 1.82) is 0 Å². The standard InChI is InChI=1S/C27H42N2O2/c1-31-27(30)29(25-12-5-6-13-25)26-15-14-24(20-26)21-28-18-16-23(17-19-28)11-7-10-22-8-3-2-4-9-22/h2-4,8-9,23-26H,5-7,10-21H2,1H3. The smallest absolute Gasteiger partial charge is 0.409 e. The normalized spacial score (nSPS) is 25.7. The van der Waals surface area contributed by atoms with E-state index in [4.69, 9.17) is 4.74 Å². The van der Waals surface area contributed by atoms with E-state index in [1.54, 1.807) is 7.11 Å². The number of ether oxygens (including phenoxy) is 1. The third-order valence-electron chi connectivity index (χ3n) is 8.15. The highest BCUT2D eigenvalue weighted by molar-refractivity contribution is 5.68. The molecule has 4 heteroatoms. The van der Waals surface area contributed by atoms with Crippen LogP contribution < -0.4 is 0 Å². The molecule has 1 amide bonds. The van der Waals surface area contributed by atoms with E-state index < -0.39 is 0 Å². The Morgan fingerprint density at radius 1 is 0.968 bits per heavy atom. The molecule has 2 atom stereocenters.